The first-order valence-electron chi connectivity index (χ1n) is 4.83. The second-order valence-corrected chi connectivity index (χ2v) is 4.50. The van der Waals surface area contributed by atoms with E-state index in [2.05, 4.69) is 45.0 Å². The zero-order chi connectivity index (χ0) is 9.90. The highest BCUT2D eigenvalue weighted by Gasteiger charge is 2.16. The molecule has 1 aromatic rings. The Hall–Kier alpha value is -0.820. The number of hydrogen-bond donors (Lipinski definition) is 1. The molecular weight excluding hydrogens is 158 g/mol. The maximum absolute atomic E-state index is 5.97. The van der Waals surface area contributed by atoms with E-state index in [1.165, 1.54) is 5.56 Å². The highest BCUT2D eigenvalue weighted by Crippen LogP contribution is 2.23. The van der Waals surface area contributed by atoms with Crippen LogP contribution in [-0.2, 0) is 0 Å². The summed E-state index contributed by atoms with van der Waals surface area (Å²) in [6.07, 6.45) is 1.02. The van der Waals surface area contributed by atoms with Crippen molar-refractivity contribution in [3.8, 4) is 0 Å². The van der Waals surface area contributed by atoms with Crippen molar-refractivity contribution in [3.05, 3.63) is 35.9 Å². The molecule has 0 radical (unpaired) electrons. The SMILES string of the molecule is CC(CC(C)(C)N)c1ccccc1. The Morgan fingerprint density at radius 1 is 1.23 bits per heavy atom. The van der Waals surface area contributed by atoms with E-state index in [1.807, 2.05) is 6.07 Å². The summed E-state index contributed by atoms with van der Waals surface area (Å²) in [7, 11) is 0. The predicted octanol–water partition coefficient (Wildman–Crippen LogP) is 2.92. The molecule has 1 aromatic carbocycles. The van der Waals surface area contributed by atoms with E-state index in [0.717, 1.165) is 6.42 Å². The van der Waals surface area contributed by atoms with Gasteiger partial charge < -0.3 is 5.73 Å². The van der Waals surface area contributed by atoms with Crippen LogP contribution in [0.1, 0.15) is 38.7 Å². The molecule has 13 heavy (non-hydrogen) atoms. The van der Waals surface area contributed by atoms with Crippen molar-refractivity contribution in [2.75, 3.05) is 0 Å². The Bertz CT molecular complexity index is 246. The molecule has 1 atom stereocenters. The van der Waals surface area contributed by atoms with Gasteiger partial charge in [0.2, 0.25) is 0 Å². The summed E-state index contributed by atoms with van der Waals surface area (Å²) in [5, 5.41) is 0. The van der Waals surface area contributed by atoms with Crippen LogP contribution in [0.2, 0.25) is 0 Å². The van der Waals surface area contributed by atoms with Crippen molar-refractivity contribution in [2.45, 2.75) is 38.6 Å². The molecule has 0 aliphatic heterocycles. The van der Waals surface area contributed by atoms with Crippen LogP contribution in [-0.4, -0.2) is 5.54 Å². The van der Waals surface area contributed by atoms with Gasteiger partial charge in [-0.25, -0.2) is 0 Å². The van der Waals surface area contributed by atoms with Gasteiger partial charge >= 0.3 is 0 Å². The average molecular weight is 177 g/mol. The van der Waals surface area contributed by atoms with E-state index in [-0.39, 0.29) is 5.54 Å². The normalized spacial score (nSPS) is 14.2. The molecule has 0 saturated carbocycles. The van der Waals surface area contributed by atoms with E-state index in [4.69, 9.17) is 5.73 Å². The van der Waals surface area contributed by atoms with Gasteiger partial charge in [-0.3, -0.25) is 0 Å². The van der Waals surface area contributed by atoms with Gasteiger partial charge in [-0.05, 0) is 31.7 Å². The Morgan fingerprint density at radius 3 is 2.23 bits per heavy atom. The highest BCUT2D eigenvalue weighted by atomic mass is 14.7. The monoisotopic (exact) mass is 177 g/mol. The molecule has 0 fully saturated rings. The number of nitrogens with two attached hydrogens (primary N) is 1. The molecule has 1 unspecified atom stereocenters. The van der Waals surface area contributed by atoms with Crippen LogP contribution < -0.4 is 5.73 Å². The molecule has 0 heterocycles. The average Bonchev–Trinajstić information content (AvgIpc) is 2.03. The van der Waals surface area contributed by atoms with Gasteiger partial charge in [-0.2, -0.15) is 0 Å². The lowest BCUT2D eigenvalue weighted by Crippen LogP contribution is -2.33. The third kappa shape index (κ3) is 3.60. The molecule has 0 saturated heterocycles. The molecule has 0 bridgehead atoms. The van der Waals surface area contributed by atoms with Gasteiger partial charge in [0.25, 0.3) is 0 Å². The molecule has 1 heteroatoms. The highest BCUT2D eigenvalue weighted by molar-refractivity contribution is 5.19. The Balaban J connectivity index is 2.64. The quantitative estimate of drug-likeness (QED) is 0.754. The summed E-state index contributed by atoms with van der Waals surface area (Å²) >= 11 is 0. The lowest BCUT2D eigenvalue weighted by atomic mass is 9.88. The van der Waals surface area contributed by atoms with Crippen LogP contribution in [0, 0.1) is 0 Å². The maximum Gasteiger partial charge on any atom is 0.0103 e. The Kier molecular flexibility index (Phi) is 3.10. The minimum Gasteiger partial charge on any atom is -0.326 e. The van der Waals surface area contributed by atoms with E-state index in [9.17, 15) is 0 Å². The number of hydrogen-bond acceptors (Lipinski definition) is 1. The molecule has 2 N–H and O–H groups in total. The topological polar surface area (TPSA) is 26.0 Å². The van der Waals surface area contributed by atoms with Crippen molar-refractivity contribution in [3.63, 3.8) is 0 Å². The van der Waals surface area contributed by atoms with E-state index >= 15 is 0 Å². The molecule has 72 valence electrons. The maximum atomic E-state index is 5.97. The van der Waals surface area contributed by atoms with Crippen LogP contribution in [0.3, 0.4) is 0 Å². The summed E-state index contributed by atoms with van der Waals surface area (Å²) in [5.74, 6) is 0.543. The summed E-state index contributed by atoms with van der Waals surface area (Å²) in [6.45, 7) is 6.38. The zero-order valence-corrected chi connectivity index (χ0v) is 8.75. The van der Waals surface area contributed by atoms with E-state index < -0.39 is 0 Å². The van der Waals surface area contributed by atoms with Crippen LogP contribution in [0.15, 0.2) is 30.3 Å². The van der Waals surface area contributed by atoms with E-state index in [0.29, 0.717) is 5.92 Å². The standard InChI is InChI=1S/C12H19N/c1-10(9-12(2,3)13)11-7-5-4-6-8-11/h4-8,10H,9,13H2,1-3H3. The summed E-state index contributed by atoms with van der Waals surface area (Å²) in [4.78, 5) is 0. The molecule has 1 rings (SSSR count). The van der Waals surface area contributed by atoms with Crippen LogP contribution in [0.5, 0.6) is 0 Å². The van der Waals surface area contributed by atoms with Crippen molar-refractivity contribution in [1.82, 2.24) is 0 Å². The molecule has 0 aromatic heterocycles. The fraction of sp³-hybridized carbons (Fsp3) is 0.500. The summed E-state index contributed by atoms with van der Waals surface area (Å²) < 4.78 is 0. The predicted molar refractivity (Wildman–Crippen MR) is 57.7 cm³/mol. The number of benzene rings is 1. The molecular formula is C12H19N. The minimum atomic E-state index is -0.0741. The van der Waals surface area contributed by atoms with Crippen LogP contribution in [0.25, 0.3) is 0 Å². The van der Waals surface area contributed by atoms with Gasteiger partial charge in [0, 0.05) is 5.54 Å². The number of rotatable bonds is 3. The summed E-state index contributed by atoms with van der Waals surface area (Å²) in [5.41, 5.74) is 7.28. The third-order valence-corrected chi connectivity index (χ3v) is 2.20. The van der Waals surface area contributed by atoms with Crippen LogP contribution in [0.4, 0.5) is 0 Å². The third-order valence-electron chi connectivity index (χ3n) is 2.20. The largest absolute Gasteiger partial charge is 0.326 e. The van der Waals surface area contributed by atoms with Gasteiger partial charge in [0.1, 0.15) is 0 Å². The van der Waals surface area contributed by atoms with E-state index in [1.54, 1.807) is 0 Å². The van der Waals surface area contributed by atoms with Gasteiger partial charge in [-0.15, -0.1) is 0 Å². The fourth-order valence-electron chi connectivity index (χ4n) is 1.69. The van der Waals surface area contributed by atoms with Crippen molar-refractivity contribution in [2.24, 2.45) is 5.73 Å². The molecule has 0 aliphatic carbocycles. The second kappa shape index (κ2) is 3.93. The molecule has 1 nitrogen and oxygen atoms in total. The van der Waals surface area contributed by atoms with Crippen molar-refractivity contribution < 1.29 is 0 Å². The minimum absolute atomic E-state index is 0.0741. The first-order valence-corrected chi connectivity index (χ1v) is 4.83. The van der Waals surface area contributed by atoms with Gasteiger partial charge in [0.15, 0.2) is 0 Å². The first kappa shape index (κ1) is 10.3. The van der Waals surface area contributed by atoms with Crippen molar-refractivity contribution in [1.29, 1.82) is 0 Å². The van der Waals surface area contributed by atoms with Gasteiger partial charge in [0.05, 0.1) is 0 Å². The van der Waals surface area contributed by atoms with Crippen molar-refractivity contribution >= 4 is 0 Å². The Labute approximate surface area is 81.0 Å². The summed E-state index contributed by atoms with van der Waals surface area (Å²) in [6, 6.07) is 10.5. The fourth-order valence-corrected chi connectivity index (χ4v) is 1.69. The lowest BCUT2D eigenvalue weighted by Gasteiger charge is -2.23. The molecule has 0 spiro atoms. The van der Waals surface area contributed by atoms with Gasteiger partial charge in [-0.1, -0.05) is 37.3 Å². The molecule has 0 amide bonds. The second-order valence-electron chi connectivity index (χ2n) is 4.50. The first-order chi connectivity index (χ1) is 5.99. The smallest absolute Gasteiger partial charge is 0.0103 e. The zero-order valence-electron chi connectivity index (χ0n) is 8.75. The molecule has 0 aliphatic rings. The lowest BCUT2D eigenvalue weighted by molar-refractivity contribution is 0.437. The van der Waals surface area contributed by atoms with Crippen LogP contribution >= 0.6 is 0 Å². The Morgan fingerprint density at radius 2 is 1.77 bits per heavy atom.